The van der Waals surface area contributed by atoms with E-state index < -0.39 is 11.7 Å². The van der Waals surface area contributed by atoms with Crippen molar-refractivity contribution in [2.75, 3.05) is 0 Å². The molecule has 0 atom stereocenters. The molecule has 10 heteroatoms. The highest BCUT2D eigenvalue weighted by molar-refractivity contribution is 5.94. The third-order valence-electron chi connectivity index (χ3n) is 5.30. The second kappa shape index (κ2) is 9.01. The van der Waals surface area contributed by atoms with Crippen LogP contribution in [0.1, 0.15) is 55.3 Å². The molecule has 1 saturated carbocycles. The fourth-order valence-electron chi connectivity index (χ4n) is 3.78. The molecule has 0 radical (unpaired) electrons. The van der Waals surface area contributed by atoms with Gasteiger partial charge < -0.3 is 17.2 Å². The highest BCUT2D eigenvalue weighted by Gasteiger charge is 2.34. The smallest absolute Gasteiger partial charge is 0.387 e. The number of nitrogens with two attached hydrogens (primary N) is 3. The van der Waals surface area contributed by atoms with E-state index in [0.29, 0.717) is 11.3 Å². The first-order chi connectivity index (χ1) is 14.6. The van der Waals surface area contributed by atoms with Gasteiger partial charge in [-0.1, -0.05) is 18.2 Å². The quantitative estimate of drug-likeness (QED) is 0.501. The Hall–Kier alpha value is -3.01. The van der Waals surface area contributed by atoms with Crippen molar-refractivity contribution in [3.63, 3.8) is 0 Å². The molecule has 0 amide bonds. The molecule has 1 aliphatic rings. The molecule has 0 unspecified atom stereocenters. The van der Waals surface area contributed by atoms with E-state index in [9.17, 15) is 13.2 Å². The van der Waals surface area contributed by atoms with Crippen LogP contribution in [0, 0.1) is 6.92 Å². The molecular weight excluding hydrogens is 407 g/mol. The van der Waals surface area contributed by atoms with Crippen molar-refractivity contribution in [1.29, 1.82) is 0 Å². The highest BCUT2D eigenvalue weighted by atomic mass is 19.4. The topological polar surface area (TPSA) is 129 Å². The molecule has 0 spiro atoms. The zero-order valence-electron chi connectivity index (χ0n) is 17.4. The zero-order chi connectivity index (χ0) is 22.8. The van der Waals surface area contributed by atoms with Crippen molar-refractivity contribution in [3.05, 3.63) is 41.1 Å². The van der Waals surface area contributed by atoms with E-state index in [1.54, 1.807) is 13.8 Å². The first kappa shape index (κ1) is 22.7. The number of hydrogen-bond donors (Lipinski definition) is 3. The van der Waals surface area contributed by atoms with Crippen LogP contribution in [0.3, 0.4) is 0 Å². The molecule has 3 rings (SSSR count). The maximum atomic E-state index is 13.6. The molecule has 1 aliphatic carbocycles. The van der Waals surface area contributed by atoms with Crippen molar-refractivity contribution >= 4 is 17.6 Å². The summed E-state index contributed by atoms with van der Waals surface area (Å²) in [5.74, 6) is 0.248. The van der Waals surface area contributed by atoms with E-state index >= 15 is 0 Å². The van der Waals surface area contributed by atoms with Gasteiger partial charge in [-0.15, -0.1) is 0 Å². The number of hydrogen-bond acceptors (Lipinski definition) is 4. The minimum atomic E-state index is -4.55. The van der Waals surface area contributed by atoms with Gasteiger partial charge in [-0.2, -0.15) is 18.2 Å². The molecule has 0 saturated heterocycles. The number of benzene rings is 1. The lowest BCUT2D eigenvalue weighted by Gasteiger charge is -2.27. The number of alkyl halides is 3. The van der Waals surface area contributed by atoms with Gasteiger partial charge in [-0.05, 0) is 45.6 Å². The van der Waals surface area contributed by atoms with Crippen LogP contribution in [0.4, 0.5) is 19.0 Å². The lowest BCUT2D eigenvalue weighted by Crippen LogP contribution is -2.26. The van der Waals surface area contributed by atoms with Crippen LogP contribution in [0.5, 0.6) is 0 Å². The maximum Gasteiger partial charge on any atom is 0.417 e. The minimum Gasteiger partial charge on any atom is -0.387 e. The molecule has 31 heavy (non-hydrogen) atoms. The first-order valence-electron chi connectivity index (χ1n) is 10.0. The van der Waals surface area contributed by atoms with E-state index in [2.05, 4.69) is 20.0 Å². The molecule has 0 aliphatic heterocycles. The van der Waals surface area contributed by atoms with Crippen LogP contribution in [-0.4, -0.2) is 27.8 Å². The minimum absolute atomic E-state index is 0.0505. The number of amidine groups is 1. The van der Waals surface area contributed by atoms with Crippen LogP contribution in [-0.2, 0) is 6.18 Å². The average Bonchev–Trinajstić information content (AvgIpc) is 2.69. The number of nitrogens with zero attached hydrogens (tertiary/aromatic N) is 4. The van der Waals surface area contributed by atoms with Gasteiger partial charge in [0.2, 0.25) is 5.96 Å². The molecule has 2 aromatic rings. The van der Waals surface area contributed by atoms with Crippen molar-refractivity contribution in [1.82, 2.24) is 9.97 Å². The first-order valence-corrected chi connectivity index (χ1v) is 10.0. The summed E-state index contributed by atoms with van der Waals surface area (Å²) >= 11 is 0. The van der Waals surface area contributed by atoms with Gasteiger partial charge in [0, 0.05) is 23.1 Å². The molecule has 1 aromatic carbocycles. The number of aliphatic imine (C=N–C) groups is 2. The van der Waals surface area contributed by atoms with Crippen LogP contribution in [0.2, 0.25) is 0 Å². The fraction of sp³-hybridized carbons (Fsp3) is 0.429. The summed E-state index contributed by atoms with van der Waals surface area (Å²) in [6.45, 7) is 3.34. The van der Waals surface area contributed by atoms with Crippen LogP contribution >= 0.6 is 0 Å². The molecule has 1 heterocycles. The SMILES string of the molecule is C/C(N)=N/C(N)=Nc1nc(-c2ccccc2C(F)(F)F)nc(C2CCC(N)CC2)c1C. The third kappa shape index (κ3) is 5.38. The molecule has 6 N–H and O–H groups in total. The van der Waals surface area contributed by atoms with E-state index in [-0.39, 0.29) is 41.0 Å². The van der Waals surface area contributed by atoms with Gasteiger partial charge in [0.15, 0.2) is 11.6 Å². The second-order valence-corrected chi connectivity index (χ2v) is 7.76. The van der Waals surface area contributed by atoms with Crippen molar-refractivity contribution in [2.24, 2.45) is 27.2 Å². The molecular formula is C21H26F3N7. The highest BCUT2D eigenvalue weighted by Crippen LogP contribution is 2.39. The van der Waals surface area contributed by atoms with Gasteiger partial charge >= 0.3 is 6.18 Å². The lowest BCUT2D eigenvalue weighted by atomic mass is 9.83. The van der Waals surface area contributed by atoms with Gasteiger partial charge in [0.05, 0.1) is 17.1 Å². The monoisotopic (exact) mass is 433 g/mol. The Kier molecular flexibility index (Phi) is 6.59. The van der Waals surface area contributed by atoms with Crippen LogP contribution < -0.4 is 17.2 Å². The van der Waals surface area contributed by atoms with E-state index in [4.69, 9.17) is 17.2 Å². The predicted molar refractivity (Wildman–Crippen MR) is 115 cm³/mol. The molecule has 166 valence electrons. The Morgan fingerprint density at radius 2 is 1.71 bits per heavy atom. The van der Waals surface area contributed by atoms with E-state index in [0.717, 1.165) is 31.7 Å². The number of guanidine groups is 1. The standard InChI is InChI=1S/C21H26F3N7/c1-11-17(13-7-9-14(26)10-8-13)29-19(30-18(11)31-20(27)28-12(2)25)15-5-3-4-6-16(15)21(22,23)24/h3-6,13-14H,7-10,26H2,1-2H3,(H4,25,27,28,29,30,31). The Bertz CT molecular complexity index is 1000. The summed E-state index contributed by atoms with van der Waals surface area (Å²) in [7, 11) is 0. The van der Waals surface area contributed by atoms with Crippen molar-refractivity contribution in [2.45, 2.75) is 57.7 Å². The molecule has 0 bridgehead atoms. The largest absolute Gasteiger partial charge is 0.417 e. The van der Waals surface area contributed by atoms with Crippen molar-refractivity contribution < 1.29 is 13.2 Å². The summed E-state index contributed by atoms with van der Waals surface area (Å²) in [6, 6.07) is 5.34. The number of halogens is 3. The summed E-state index contributed by atoms with van der Waals surface area (Å²) < 4.78 is 40.9. The Labute approximate surface area is 178 Å². The third-order valence-corrected chi connectivity index (χ3v) is 5.30. The summed E-state index contributed by atoms with van der Waals surface area (Å²) in [5.41, 5.74) is 17.8. The van der Waals surface area contributed by atoms with E-state index in [1.165, 1.54) is 18.2 Å². The van der Waals surface area contributed by atoms with Crippen LogP contribution in [0.25, 0.3) is 11.4 Å². The maximum absolute atomic E-state index is 13.6. The summed E-state index contributed by atoms with van der Waals surface area (Å²) in [6.07, 6.45) is -1.33. The van der Waals surface area contributed by atoms with Gasteiger partial charge in [-0.3, -0.25) is 0 Å². The normalized spacial score (nSPS) is 20.7. The number of aromatic nitrogens is 2. The van der Waals surface area contributed by atoms with Crippen LogP contribution in [0.15, 0.2) is 34.3 Å². The molecule has 7 nitrogen and oxygen atoms in total. The number of rotatable bonds is 3. The average molecular weight is 433 g/mol. The Morgan fingerprint density at radius 3 is 2.32 bits per heavy atom. The summed E-state index contributed by atoms with van der Waals surface area (Å²) in [5, 5.41) is 0. The molecule has 1 fully saturated rings. The zero-order valence-corrected chi connectivity index (χ0v) is 17.4. The van der Waals surface area contributed by atoms with Gasteiger partial charge in [0.25, 0.3) is 0 Å². The second-order valence-electron chi connectivity index (χ2n) is 7.76. The lowest BCUT2D eigenvalue weighted by molar-refractivity contribution is -0.137. The predicted octanol–water partition coefficient (Wildman–Crippen LogP) is 3.78. The van der Waals surface area contributed by atoms with Gasteiger partial charge in [-0.25, -0.2) is 15.0 Å². The van der Waals surface area contributed by atoms with Crippen molar-refractivity contribution in [3.8, 4) is 11.4 Å². The fourth-order valence-corrected chi connectivity index (χ4v) is 3.78. The summed E-state index contributed by atoms with van der Waals surface area (Å²) in [4.78, 5) is 17.0. The Morgan fingerprint density at radius 1 is 1.06 bits per heavy atom. The van der Waals surface area contributed by atoms with E-state index in [1.807, 2.05) is 0 Å². The van der Waals surface area contributed by atoms with Gasteiger partial charge in [0.1, 0.15) is 0 Å². The molecule has 1 aromatic heterocycles. The Balaban J connectivity index is 2.20.